The molecular formula is C37H48N8O. The number of rotatable bonds is 12. The van der Waals surface area contributed by atoms with Crippen molar-refractivity contribution in [1.29, 1.82) is 0 Å². The normalized spacial score (nSPS) is 16.5. The zero-order valence-corrected chi connectivity index (χ0v) is 28.3. The van der Waals surface area contributed by atoms with Crippen LogP contribution in [0.4, 0.5) is 5.69 Å². The average Bonchev–Trinajstić information content (AvgIpc) is 3.01. The molecule has 1 fully saturated rings. The number of guanidine groups is 2. The van der Waals surface area contributed by atoms with Crippen LogP contribution in [0, 0.1) is 11.8 Å². The summed E-state index contributed by atoms with van der Waals surface area (Å²) in [6.07, 6.45) is 8.12. The van der Waals surface area contributed by atoms with Crippen LogP contribution in [0.1, 0.15) is 39.7 Å². The number of fused-ring (bicyclic) bond motifs is 1. The maximum Gasteiger partial charge on any atom is 0.248 e. The second-order valence-corrected chi connectivity index (χ2v) is 12.4. The van der Waals surface area contributed by atoms with Gasteiger partial charge < -0.3 is 20.4 Å². The van der Waals surface area contributed by atoms with E-state index in [0.717, 1.165) is 57.6 Å². The Balaban J connectivity index is 1.64. The fourth-order valence-corrected chi connectivity index (χ4v) is 5.13. The van der Waals surface area contributed by atoms with Crippen LogP contribution < -0.4 is 16.0 Å². The highest BCUT2D eigenvalue weighted by atomic mass is 16.1. The molecule has 1 saturated heterocycles. The van der Waals surface area contributed by atoms with Gasteiger partial charge in [0.25, 0.3) is 0 Å². The van der Waals surface area contributed by atoms with Crippen molar-refractivity contribution < 1.29 is 4.79 Å². The predicted molar refractivity (Wildman–Crippen MR) is 192 cm³/mol. The number of benzene rings is 2. The van der Waals surface area contributed by atoms with Crippen molar-refractivity contribution in [2.75, 3.05) is 39.5 Å². The van der Waals surface area contributed by atoms with E-state index in [1.807, 2.05) is 85.7 Å². The lowest BCUT2D eigenvalue weighted by Crippen LogP contribution is -2.56. The van der Waals surface area contributed by atoms with E-state index in [4.69, 9.17) is 15.0 Å². The molecule has 1 aliphatic heterocycles. The van der Waals surface area contributed by atoms with Crippen molar-refractivity contribution in [3.8, 4) is 11.3 Å². The third-order valence-electron chi connectivity index (χ3n) is 7.66. The minimum absolute atomic E-state index is 0.156. The molecule has 0 spiro atoms. The molecule has 242 valence electrons. The molecule has 0 aliphatic carbocycles. The second-order valence-electron chi connectivity index (χ2n) is 12.4. The van der Waals surface area contributed by atoms with Crippen molar-refractivity contribution in [1.82, 2.24) is 25.4 Å². The lowest BCUT2D eigenvalue weighted by Gasteiger charge is -2.34. The highest BCUT2D eigenvalue weighted by molar-refractivity contribution is 6.04. The SMILES string of the molecule is C=C/C(=C1/NC(=NCCC(C)C)NC(=NCc2ccccc2-c2nccc3cc(NC(=O)/C=C/CN(C)C)ccc23)N1C)C(C)C. The molecule has 1 aliphatic rings. The Morgan fingerprint density at radius 1 is 1.09 bits per heavy atom. The molecule has 4 rings (SSSR count). The molecule has 0 unspecified atom stereocenters. The van der Waals surface area contributed by atoms with Crippen LogP contribution in [-0.2, 0) is 11.3 Å². The number of hydrogen-bond acceptors (Lipinski definition) is 5. The summed E-state index contributed by atoms with van der Waals surface area (Å²) < 4.78 is 0. The van der Waals surface area contributed by atoms with E-state index in [9.17, 15) is 4.79 Å². The molecule has 1 amide bonds. The summed E-state index contributed by atoms with van der Waals surface area (Å²) in [4.78, 5) is 31.1. The lowest BCUT2D eigenvalue weighted by molar-refractivity contribution is -0.111. The maximum absolute atomic E-state index is 12.4. The number of allylic oxidation sites excluding steroid dienone is 2. The first-order chi connectivity index (χ1) is 22.1. The number of amides is 1. The third-order valence-corrected chi connectivity index (χ3v) is 7.66. The van der Waals surface area contributed by atoms with E-state index in [2.05, 4.69) is 62.4 Å². The molecule has 1 aromatic heterocycles. The van der Waals surface area contributed by atoms with Crippen molar-refractivity contribution >= 4 is 34.3 Å². The van der Waals surface area contributed by atoms with Crippen molar-refractivity contribution in [2.45, 2.75) is 40.7 Å². The number of nitrogens with one attached hydrogen (secondary N) is 3. The van der Waals surface area contributed by atoms with Crippen molar-refractivity contribution in [2.24, 2.45) is 21.8 Å². The van der Waals surface area contributed by atoms with E-state index in [-0.39, 0.29) is 11.8 Å². The number of anilines is 1. The van der Waals surface area contributed by atoms with E-state index in [1.165, 1.54) is 0 Å². The highest BCUT2D eigenvalue weighted by Gasteiger charge is 2.25. The Morgan fingerprint density at radius 2 is 1.87 bits per heavy atom. The van der Waals surface area contributed by atoms with Gasteiger partial charge in [0.15, 0.2) is 0 Å². The molecule has 0 radical (unpaired) electrons. The molecule has 2 heterocycles. The molecule has 9 heteroatoms. The van der Waals surface area contributed by atoms with Gasteiger partial charge in [0.2, 0.25) is 17.8 Å². The summed E-state index contributed by atoms with van der Waals surface area (Å²) in [6, 6.07) is 16.1. The van der Waals surface area contributed by atoms with E-state index in [0.29, 0.717) is 30.9 Å². The topological polar surface area (TPSA) is 97.2 Å². The predicted octanol–water partition coefficient (Wildman–Crippen LogP) is 6.39. The molecule has 0 bridgehead atoms. The monoisotopic (exact) mass is 620 g/mol. The number of pyridine rings is 1. The van der Waals surface area contributed by atoms with E-state index < -0.39 is 0 Å². The molecule has 0 saturated carbocycles. The minimum atomic E-state index is -0.156. The number of aliphatic imine (C=N–C) groups is 2. The molecule has 46 heavy (non-hydrogen) atoms. The fourth-order valence-electron chi connectivity index (χ4n) is 5.13. The number of likely N-dealkylation sites (N-methyl/N-ethyl adjacent to an activating group) is 1. The first-order valence-electron chi connectivity index (χ1n) is 15.9. The fraction of sp³-hybridized carbons (Fsp3) is 0.351. The summed E-state index contributed by atoms with van der Waals surface area (Å²) in [5.41, 5.74) is 4.75. The summed E-state index contributed by atoms with van der Waals surface area (Å²) in [7, 11) is 5.92. The van der Waals surface area contributed by atoms with Crippen LogP contribution >= 0.6 is 0 Å². The molecule has 2 aromatic carbocycles. The van der Waals surface area contributed by atoms with Gasteiger partial charge in [-0.05, 0) is 67.1 Å². The van der Waals surface area contributed by atoms with Crippen LogP contribution in [0.15, 0.2) is 101 Å². The van der Waals surface area contributed by atoms with Gasteiger partial charge in [0, 0.05) is 49.0 Å². The van der Waals surface area contributed by atoms with Gasteiger partial charge in [-0.25, -0.2) is 4.99 Å². The summed E-state index contributed by atoms with van der Waals surface area (Å²) in [5, 5.41) is 11.8. The zero-order chi connectivity index (χ0) is 33.2. The molecule has 0 atom stereocenters. The molecule has 9 nitrogen and oxygen atoms in total. The largest absolute Gasteiger partial charge is 0.323 e. The summed E-state index contributed by atoms with van der Waals surface area (Å²) >= 11 is 0. The van der Waals surface area contributed by atoms with E-state index >= 15 is 0 Å². The van der Waals surface area contributed by atoms with Gasteiger partial charge in [0.05, 0.1) is 12.2 Å². The van der Waals surface area contributed by atoms with Gasteiger partial charge in [0.1, 0.15) is 5.82 Å². The Bertz CT molecular complexity index is 1660. The average molecular weight is 621 g/mol. The first kappa shape index (κ1) is 34.1. The standard InChI is InChI=1S/C37H48N8O/c1-9-30(26(4)5)35-42-36(39-20-18-25(2)3)43-37(45(35)8)40-24-28-13-10-11-14-31(28)34-32-17-16-29(23-27(32)19-21-38-34)41-33(46)15-12-22-44(6)7/h9-17,19,21,23,25-26H,1,18,20,22,24H2,2-8H3,(H,41,46)(H2,39,40,42,43)/b15-12+,35-30+. The van der Waals surface area contributed by atoms with Crippen molar-refractivity contribution in [3.05, 3.63) is 96.5 Å². The smallest absolute Gasteiger partial charge is 0.248 e. The van der Waals surface area contributed by atoms with Crippen LogP contribution in [-0.4, -0.2) is 66.8 Å². The molecule has 3 aromatic rings. The third kappa shape index (κ3) is 8.91. The summed E-state index contributed by atoms with van der Waals surface area (Å²) in [6.45, 7) is 14.6. The van der Waals surface area contributed by atoms with Gasteiger partial charge in [-0.15, -0.1) is 0 Å². The lowest BCUT2D eigenvalue weighted by atomic mass is 9.99. The number of nitrogens with zero attached hydrogens (tertiary/aromatic N) is 5. The van der Waals surface area contributed by atoms with Crippen LogP contribution in [0.25, 0.3) is 22.0 Å². The summed E-state index contributed by atoms with van der Waals surface area (Å²) in [5.74, 6) is 3.00. The van der Waals surface area contributed by atoms with Crippen LogP contribution in [0.5, 0.6) is 0 Å². The Labute approximate surface area is 273 Å². The Morgan fingerprint density at radius 3 is 2.59 bits per heavy atom. The maximum atomic E-state index is 12.4. The van der Waals surface area contributed by atoms with Crippen LogP contribution in [0.3, 0.4) is 0 Å². The number of carbonyl (C=O) groups excluding carboxylic acids is 1. The molecule has 3 N–H and O–H groups in total. The molecular weight excluding hydrogens is 572 g/mol. The zero-order valence-electron chi connectivity index (χ0n) is 28.3. The number of aromatic nitrogens is 1. The Hall–Kier alpha value is -4.76. The van der Waals surface area contributed by atoms with Gasteiger partial charge >= 0.3 is 0 Å². The number of hydrogen-bond donors (Lipinski definition) is 3. The van der Waals surface area contributed by atoms with Gasteiger partial charge in [-0.1, -0.05) is 76.8 Å². The van der Waals surface area contributed by atoms with E-state index in [1.54, 1.807) is 6.08 Å². The first-order valence-corrected chi connectivity index (χ1v) is 15.9. The van der Waals surface area contributed by atoms with Gasteiger partial charge in [-0.3, -0.25) is 20.1 Å². The Kier molecular flexibility index (Phi) is 11.9. The second kappa shape index (κ2) is 16.0. The van der Waals surface area contributed by atoms with Crippen molar-refractivity contribution in [3.63, 3.8) is 0 Å². The quantitative estimate of drug-likeness (QED) is 0.203. The highest BCUT2D eigenvalue weighted by Crippen LogP contribution is 2.31. The van der Waals surface area contributed by atoms with Crippen LogP contribution in [0.2, 0.25) is 0 Å². The minimum Gasteiger partial charge on any atom is -0.323 e. The van der Waals surface area contributed by atoms with Gasteiger partial charge in [-0.2, -0.15) is 0 Å². The number of carbonyl (C=O) groups is 1.